The quantitative estimate of drug-likeness (QED) is 0.334. The van der Waals surface area contributed by atoms with Crippen LogP contribution in [-0.2, 0) is 16.0 Å². The number of rotatable bonds is 8. The molecule has 0 saturated carbocycles. The molecule has 3 rings (SSSR count). The summed E-state index contributed by atoms with van der Waals surface area (Å²) in [5.41, 5.74) is 2.20. The summed E-state index contributed by atoms with van der Waals surface area (Å²) in [4.78, 5) is 12.6. The molecule has 0 bridgehead atoms. The van der Waals surface area contributed by atoms with Crippen LogP contribution in [0.25, 0.3) is 0 Å². The summed E-state index contributed by atoms with van der Waals surface area (Å²) in [5.74, 6) is 6.12. The fourth-order valence-electron chi connectivity index (χ4n) is 3.49. The normalized spacial score (nSPS) is 17.4. The SMILES string of the molecule is NN(c1ccccc1)N1CCCCC1C(=O)OCCCCc1ccccc1. The molecule has 144 valence electrons. The second-order valence-electron chi connectivity index (χ2n) is 6.96. The summed E-state index contributed by atoms with van der Waals surface area (Å²) >= 11 is 0. The summed E-state index contributed by atoms with van der Waals surface area (Å²) in [5, 5.41) is 3.53. The minimum atomic E-state index is -0.307. The highest BCUT2D eigenvalue weighted by Gasteiger charge is 2.33. The van der Waals surface area contributed by atoms with Crippen LogP contribution in [0.2, 0.25) is 0 Å². The highest BCUT2D eigenvalue weighted by Crippen LogP contribution is 2.23. The molecule has 1 unspecified atom stereocenters. The molecule has 5 heteroatoms. The lowest BCUT2D eigenvalue weighted by Crippen LogP contribution is -2.58. The van der Waals surface area contributed by atoms with Crippen molar-refractivity contribution in [2.75, 3.05) is 18.3 Å². The number of piperidine rings is 1. The van der Waals surface area contributed by atoms with E-state index in [1.165, 1.54) is 5.56 Å². The van der Waals surface area contributed by atoms with Crippen molar-refractivity contribution in [3.8, 4) is 0 Å². The Morgan fingerprint density at radius 2 is 1.74 bits per heavy atom. The third-order valence-electron chi connectivity index (χ3n) is 4.99. The largest absolute Gasteiger partial charge is 0.464 e. The van der Waals surface area contributed by atoms with E-state index in [-0.39, 0.29) is 12.0 Å². The summed E-state index contributed by atoms with van der Waals surface area (Å²) in [6.45, 7) is 1.23. The van der Waals surface area contributed by atoms with Gasteiger partial charge in [-0.3, -0.25) is 4.79 Å². The van der Waals surface area contributed by atoms with Gasteiger partial charge in [0, 0.05) is 6.54 Å². The molecule has 1 fully saturated rings. The average Bonchev–Trinajstić information content (AvgIpc) is 2.74. The molecule has 1 saturated heterocycles. The Morgan fingerprint density at radius 3 is 2.48 bits per heavy atom. The van der Waals surface area contributed by atoms with E-state index in [1.54, 1.807) is 5.12 Å². The van der Waals surface area contributed by atoms with Gasteiger partial charge >= 0.3 is 5.97 Å². The fraction of sp³-hybridized carbons (Fsp3) is 0.409. The van der Waals surface area contributed by atoms with Crippen molar-refractivity contribution in [1.82, 2.24) is 5.01 Å². The van der Waals surface area contributed by atoms with E-state index in [9.17, 15) is 4.79 Å². The maximum atomic E-state index is 12.6. The van der Waals surface area contributed by atoms with E-state index in [0.717, 1.165) is 50.8 Å². The first-order valence-corrected chi connectivity index (χ1v) is 9.82. The number of para-hydroxylation sites is 1. The Hall–Kier alpha value is -2.37. The fourth-order valence-corrected chi connectivity index (χ4v) is 3.49. The predicted octanol–water partition coefficient (Wildman–Crippen LogP) is 3.70. The van der Waals surface area contributed by atoms with Gasteiger partial charge in [-0.1, -0.05) is 48.5 Å². The molecule has 5 nitrogen and oxygen atoms in total. The molecular weight excluding hydrogens is 338 g/mol. The van der Waals surface area contributed by atoms with E-state index in [2.05, 4.69) is 24.3 Å². The lowest BCUT2D eigenvalue weighted by Gasteiger charge is -2.40. The molecule has 27 heavy (non-hydrogen) atoms. The van der Waals surface area contributed by atoms with Gasteiger partial charge in [-0.05, 0) is 56.2 Å². The van der Waals surface area contributed by atoms with Crippen LogP contribution in [0, 0.1) is 0 Å². The summed E-state index contributed by atoms with van der Waals surface area (Å²) in [6.07, 6.45) is 5.73. The number of nitrogens with zero attached hydrogens (tertiary/aromatic N) is 2. The van der Waals surface area contributed by atoms with Gasteiger partial charge in [0.1, 0.15) is 6.04 Å². The molecular formula is C22H29N3O2. The smallest absolute Gasteiger partial charge is 0.325 e. The second-order valence-corrected chi connectivity index (χ2v) is 6.96. The molecule has 1 atom stereocenters. The standard InChI is InChI=1S/C22H29N3O2/c23-25(20-14-5-2-6-15-20)24-17-9-7-16-21(24)22(26)27-18-10-8-13-19-11-3-1-4-12-19/h1-6,11-12,14-15,21H,7-10,13,16-18,23H2. The van der Waals surface area contributed by atoms with Crippen molar-refractivity contribution >= 4 is 11.7 Å². The number of unbranched alkanes of at least 4 members (excludes halogenated alkanes) is 1. The van der Waals surface area contributed by atoms with Gasteiger partial charge in [-0.2, -0.15) is 5.01 Å². The van der Waals surface area contributed by atoms with Gasteiger partial charge in [0.2, 0.25) is 0 Å². The number of ether oxygens (including phenoxy) is 1. The molecule has 2 aromatic carbocycles. The highest BCUT2D eigenvalue weighted by atomic mass is 16.5. The van der Waals surface area contributed by atoms with Crippen molar-refractivity contribution in [1.29, 1.82) is 0 Å². The van der Waals surface area contributed by atoms with Gasteiger partial charge in [0.25, 0.3) is 0 Å². The van der Waals surface area contributed by atoms with E-state index in [4.69, 9.17) is 10.6 Å². The molecule has 0 spiro atoms. The Balaban J connectivity index is 1.47. The lowest BCUT2D eigenvalue weighted by molar-refractivity contribution is -0.152. The zero-order valence-corrected chi connectivity index (χ0v) is 15.8. The molecule has 2 N–H and O–H groups in total. The van der Waals surface area contributed by atoms with Crippen LogP contribution in [0.3, 0.4) is 0 Å². The topological polar surface area (TPSA) is 58.8 Å². The monoisotopic (exact) mass is 367 g/mol. The van der Waals surface area contributed by atoms with Crippen molar-refractivity contribution < 1.29 is 9.53 Å². The van der Waals surface area contributed by atoms with Gasteiger partial charge < -0.3 is 4.74 Å². The third kappa shape index (κ3) is 5.55. The van der Waals surface area contributed by atoms with Crippen LogP contribution in [0.5, 0.6) is 0 Å². The molecule has 1 aliphatic heterocycles. The number of hydrogen-bond acceptors (Lipinski definition) is 5. The zero-order valence-electron chi connectivity index (χ0n) is 15.8. The number of nitrogens with two attached hydrogens (primary N) is 1. The molecule has 0 aromatic heterocycles. The first-order chi connectivity index (χ1) is 13.3. The molecule has 0 radical (unpaired) electrons. The summed E-state index contributed by atoms with van der Waals surface area (Å²) in [7, 11) is 0. The van der Waals surface area contributed by atoms with Crippen LogP contribution in [0.15, 0.2) is 60.7 Å². The zero-order chi connectivity index (χ0) is 18.9. The van der Waals surface area contributed by atoms with Crippen LogP contribution in [-0.4, -0.2) is 30.2 Å². The second kappa shape index (κ2) is 10.1. The number of carbonyl (C=O) groups is 1. The van der Waals surface area contributed by atoms with Crippen LogP contribution in [0.4, 0.5) is 5.69 Å². The molecule has 1 aliphatic rings. The highest BCUT2D eigenvalue weighted by molar-refractivity contribution is 5.76. The van der Waals surface area contributed by atoms with Crippen LogP contribution < -0.4 is 11.0 Å². The van der Waals surface area contributed by atoms with Crippen molar-refractivity contribution in [3.63, 3.8) is 0 Å². The first kappa shape index (κ1) is 19.4. The number of benzene rings is 2. The Kier molecular flexibility index (Phi) is 7.25. The Bertz CT molecular complexity index is 693. The maximum absolute atomic E-state index is 12.6. The Labute approximate surface area is 161 Å². The number of carbonyl (C=O) groups excluding carboxylic acids is 1. The van der Waals surface area contributed by atoms with E-state index >= 15 is 0 Å². The van der Waals surface area contributed by atoms with E-state index < -0.39 is 0 Å². The summed E-state index contributed by atoms with van der Waals surface area (Å²) in [6, 6.07) is 19.8. The lowest BCUT2D eigenvalue weighted by atomic mass is 10.0. The van der Waals surface area contributed by atoms with Gasteiger partial charge in [-0.15, -0.1) is 0 Å². The minimum absolute atomic E-state index is 0.166. The number of hydrogen-bond donors (Lipinski definition) is 1. The van der Waals surface area contributed by atoms with Crippen molar-refractivity contribution in [3.05, 3.63) is 66.2 Å². The Morgan fingerprint density at radius 1 is 1.04 bits per heavy atom. The number of aryl methyl sites for hydroxylation is 1. The number of anilines is 1. The molecule has 0 aliphatic carbocycles. The van der Waals surface area contributed by atoms with Gasteiger partial charge in [-0.25, -0.2) is 11.0 Å². The third-order valence-corrected chi connectivity index (χ3v) is 4.99. The van der Waals surface area contributed by atoms with Crippen LogP contribution >= 0.6 is 0 Å². The van der Waals surface area contributed by atoms with Gasteiger partial charge in [0.05, 0.1) is 12.3 Å². The van der Waals surface area contributed by atoms with Crippen LogP contribution in [0.1, 0.15) is 37.7 Å². The maximum Gasteiger partial charge on any atom is 0.325 e. The molecule has 0 amide bonds. The summed E-state index contributed by atoms with van der Waals surface area (Å²) < 4.78 is 5.57. The minimum Gasteiger partial charge on any atom is -0.464 e. The van der Waals surface area contributed by atoms with E-state index in [0.29, 0.717) is 6.61 Å². The van der Waals surface area contributed by atoms with Crippen molar-refractivity contribution in [2.45, 2.75) is 44.6 Å². The van der Waals surface area contributed by atoms with E-state index in [1.807, 2.05) is 41.4 Å². The van der Waals surface area contributed by atoms with Crippen molar-refractivity contribution in [2.24, 2.45) is 5.84 Å². The van der Waals surface area contributed by atoms with Gasteiger partial charge in [0.15, 0.2) is 0 Å². The first-order valence-electron chi connectivity index (χ1n) is 9.82. The average molecular weight is 367 g/mol. The number of hydrazine groups is 2. The molecule has 1 heterocycles. The predicted molar refractivity (Wildman–Crippen MR) is 108 cm³/mol. The number of esters is 1. The molecule has 2 aromatic rings.